The summed E-state index contributed by atoms with van der Waals surface area (Å²) in [5.41, 5.74) is 2.39. The van der Waals surface area contributed by atoms with Crippen molar-refractivity contribution in [3.05, 3.63) is 60.2 Å². The fourth-order valence-electron chi connectivity index (χ4n) is 2.23. The van der Waals surface area contributed by atoms with Crippen LogP contribution in [0.4, 0.5) is 16.2 Å². The van der Waals surface area contributed by atoms with E-state index in [0.29, 0.717) is 11.4 Å². The van der Waals surface area contributed by atoms with Crippen LogP contribution >= 0.6 is 0 Å². The van der Waals surface area contributed by atoms with Gasteiger partial charge in [0.25, 0.3) is 5.91 Å². The second-order valence-corrected chi connectivity index (χ2v) is 5.89. The van der Waals surface area contributed by atoms with Gasteiger partial charge in [-0.2, -0.15) is 0 Å². The Morgan fingerprint density at radius 2 is 1.56 bits per heavy atom. The van der Waals surface area contributed by atoms with Crippen molar-refractivity contribution in [3.8, 4) is 0 Å². The Balaban J connectivity index is 1.73. The third-order valence-corrected chi connectivity index (χ3v) is 3.72. The summed E-state index contributed by atoms with van der Waals surface area (Å²) in [6, 6.07) is 14.8. The Morgan fingerprint density at radius 3 is 2.19 bits per heavy atom. The number of aryl methyl sites for hydroxylation is 1. The number of carbonyl (C=O) groups is 3. The van der Waals surface area contributed by atoms with Crippen molar-refractivity contribution >= 4 is 29.3 Å². The molecule has 0 fully saturated rings. The van der Waals surface area contributed by atoms with Gasteiger partial charge in [-0.05, 0) is 43.2 Å². The number of carbonyl (C=O) groups excluding carboxylic acids is 3. The average Bonchev–Trinajstić information content (AvgIpc) is 2.67. The topological polar surface area (TPSA) is 96.5 Å². The number of ether oxygens (including phenoxy) is 1. The van der Waals surface area contributed by atoms with Crippen LogP contribution in [-0.2, 0) is 20.7 Å². The van der Waals surface area contributed by atoms with Gasteiger partial charge in [-0.25, -0.2) is 9.59 Å². The zero-order chi connectivity index (χ0) is 19.6. The molecule has 0 saturated carbocycles. The molecule has 3 N–H and O–H groups in total. The van der Waals surface area contributed by atoms with Gasteiger partial charge in [0.1, 0.15) is 6.04 Å². The van der Waals surface area contributed by atoms with Crippen LogP contribution in [0.25, 0.3) is 0 Å². The van der Waals surface area contributed by atoms with Crippen LogP contribution in [0.1, 0.15) is 19.4 Å². The lowest BCUT2D eigenvalue weighted by molar-refractivity contribution is -0.148. The zero-order valence-corrected chi connectivity index (χ0v) is 15.3. The predicted octanol–water partition coefficient (Wildman–Crippen LogP) is 2.94. The third-order valence-electron chi connectivity index (χ3n) is 3.72. The number of esters is 1. The lowest BCUT2D eigenvalue weighted by atomic mass is 10.1. The molecule has 0 spiro atoms. The van der Waals surface area contributed by atoms with E-state index in [1.54, 1.807) is 36.4 Å². The molecule has 3 amide bonds. The van der Waals surface area contributed by atoms with Gasteiger partial charge < -0.3 is 20.7 Å². The van der Waals surface area contributed by atoms with Crippen molar-refractivity contribution in [1.82, 2.24) is 5.32 Å². The second-order valence-electron chi connectivity index (χ2n) is 5.89. The smallest absolute Gasteiger partial charge is 0.328 e. The minimum absolute atomic E-state index is 0.430. The number of amides is 3. The van der Waals surface area contributed by atoms with Crippen LogP contribution in [0.5, 0.6) is 0 Å². The molecule has 7 nitrogen and oxygen atoms in total. The number of benzene rings is 2. The molecule has 2 aromatic rings. The normalized spacial score (nSPS) is 11.2. The summed E-state index contributed by atoms with van der Waals surface area (Å²) in [4.78, 5) is 35.6. The Morgan fingerprint density at radius 1 is 0.926 bits per heavy atom. The lowest BCUT2D eigenvalue weighted by Crippen LogP contribution is -2.42. The molecule has 1 atom stereocenters. The molecule has 0 heterocycles. The van der Waals surface area contributed by atoms with Crippen LogP contribution in [0.3, 0.4) is 0 Å². The molecular weight excluding hydrogens is 346 g/mol. The minimum Gasteiger partial charge on any atom is -0.454 e. The summed E-state index contributed by atoms with van der Waals surface area (Å²) in [7, 11) is 0. The molecule has 7 heteroatoms. The van der Waals surface area contributed by atoms with E-state index >= 15 is 0 Å². The number of nitrogens with one attached hydrogen (secondary N) is 3. The molecule has 2 aromatic carbocycles. The molecule has 0 aliphatic heterocycles. The van der Waals surface area contributed by atoms with Crippen molar-refractivity contribution in [2.24, 2.45) is 0 Å². The third kappa shape index (κ3) is 6.81. The van der Waals surface area contributed by atoms with Gasteiger partial charge in [-0.15, -0.1) is 0 Å². The molecule has 0 unspecified atom stereocenters. The van der Waals surface area contributed by atoms with E-state index in [-0.39, 0.29) is 0 Å². The summed E-state index contributed by atoms with van der Waals surface area (Å²) < 4.78 is 4.94. The van der Waals surface area contributed by atoms with Crippen molar-refractivity contribution < 1.29 is 19.1 Å². The zero-order valence-electron chi connectivity index (χ0n) is 15.3. The SMILES string of the molecule is CCc1ccc(NC(=O)COC(=O)[C@H](C)NC(=O)Nc2ccccc2)cc1. The van der Waals surface area contributed by atoms with Gasteiger partial charge >= 0.3 is 12.0 Å². The number of para-hydroxylation sites is 1. The molecule has 0 radical (unpaired) electrons. The maximum Gasteiger partial charge on any atom is 0.328 e. The van der Waals surface area contributed by atoms with Crippen LogP contribution in [-0.4, -0.2) is 30.6 Å². The van der Waals surface area contributed by atoms with E-state index in [1.807, 2.05) is 25.1 Å². The van der Waals surface area contributed by atoms with Crippen molar-refractivity contribution in [2.75, 3.05) is 17.2 Å². The fourth-order valence-corrected chi connectivity index (χ4v) is 2.23. The summed E-state index contributed by atoms with van der Waals surface area (Å²) in [5.74, 6) is -1.15. The number of urea groups is 1. The maximum atomic E-state index is 11.9. The van der Waals surface area contributed by atoms with Gasteiger partial charge in [0.2, 0.25) is 0 Å². The predicted molar refractivity (Wildman–Crippen MR) is 103 cm³/mol. The summed E-state index contributed by atoms with van der Waals surface area (Å²) >= 11 is 0. The summed E-state index contributed by atoms with van der Waals surface area (Å²) in [6.07, 6.45) is 0.911. The highest BCUT2D eigenvalue weighted by molar-refractivity contribution is 5.94. The Kier molecular flexibility index (Phi) is 7.37. The highest BCUT2D eigenvalue weighted by Gasteiger charge is 2.18. The second kappa shape index (κ2) is 9.96. The van der Waals surface area contributed by atoms with E-state index in [0.717, 1.165) is 12.0 Å². The van der Waals surface area contributed by atoms with Gasteiger partial charge in [0, 0.05) is 11.4 Å². The number of hydrogen-bond donors (Lipinski definition) is 3. The van der Waals surface area contributed by atoms with E-state index in [1.165, 1.54) is 6.92 Å². The highest BCUT2D eigenvalue weighted by Crippen LogP contribution is 2.10. The van der Waals surface area contributed by atoms with E-state index in [4.69, 9.17) is 4.74 Å². The first kappa shape index (κ1) is 20.0. The van der Waals surface area contributed by atoms with Crippen molar-refractivity contribution in [1.29, 1.82) is 0 Å². The summed E-state index contributed by atoms with van der Waals surface area (Å²) in [5, 5.41) is 7.70. The molecule has 0 aliphatic rings. The monoisotopic (exact) mass is 369 g/mol. The quantitative estimate of drug-likeness (QED) is 0.654. The van der Waals surface area contributed by atoms with Crippen molar-refractivity contribution in [2.45, 2.75) is 26.3 Å². The molecule has 142 valence electrons. The molecule has 0 saturated heterocycles. The number of rotatable bonds is 7. The Labute approximate surface area is 158 Å². The van der Waals surface area contributed by atoms with Crippen LogP contribution < -0.4 is 16.0 Å². The van der Waals surface area contributed by atoms with Gasteiger partial charge in [0.15, 0.2) is 6.61 Å². The van der Waals surface area contributed by atoms with Gasteiger partial charge in [-0.3, -0.25) is 4.79 Å². The summed E-state index contributed by atoms with van der Waals surface area (Å²) in [6.45, 7) is 3.09. The molecule has 2 rings (SSSR count). The first-order chi connectivity index (χ1) is 13.0. The van der Waals surface area contributed by atoms with Gasteiger partial charge in [0.05, 0.1) is 0 Å². The Hall–Kier alpha value is -3.35. The first-order valence-electron chi connectivity index (χ1n) is 8.66. The number of hydrogen-bond acceptors (Lipinski definition) is 4. The highest BCUT2D eigenvalue weighted by atomic mass is 16.5. The maximum absolute atomic E-state index is 11.9. The fraction of sp³-hybridized carbons (Fsp3) is 0.250. The molecule has 27 heavy (non-hydrogen) atoms. The minimum atomic E-state index is -0.898. The van der Waals surface area contributed by atoms with E-state index in [9.17, 15) is 14.4 Å². The molecule has 0 aromatic heterocycles. The van der Waals surface area contributed by atoms with Crippen molar-refractivity contribution in [3.63, 3.8) is 0 Å². The van der Waals surface area contributed by atoms with Gasteiger partial charge in [-0.1, -0.05) is 37.3 Å². The standard InChI is InChI=1S/C20H23N3O4/c1-3-15-9-11-17(12-10-15)22-18(24)13-27-19(25)14(2)21-20(26)23-16-7-5-4-6-8-16/h4-12,14H,3,13H2,1-2H3,(H,22,24)(H2,21,23,26)/t14-/m0/s1. The average molecular weight is 369 g/mol. The molecule has 0 aliphatic carbocycles. The van der Waals surface area contributed by atoms with E-state index < -0.39 is 30.6 Å². The molecular formula is C20H23N3O4. The van der Waals surface area contributed by atoms with Crippen LogP contribution in [0.2, 0.25) is 0 Å². The Bertz CT molecular complexity index is 776. The largest absolute Gasteiger partial charge is 0.454 e. The van der Waals surface area contributed by atoms with E-state index in [2.05, 4.69) is 16.0 Å². The number of anilines is 2. The van der Waals surface area contributed by atoms with Crippen LogP contribution in [0, 0.1) is 0 Å². The lowest BCUT2D eigenvalue weighted by Gasteiger charge is -2.14. The first-order valence-corrected chi connectivity index (χ1v) is 8.66. The molecule has 0 bridgehead atoms. The van der Waals surface area contributed by atoms with Crippen LogP contribution in [0.15, 0.2) is 54.6 Å².